The molecule has 0 radical (unpaired) electrons. The van der Waals surface area contributed by atoms with E-state index in [9.17, 15) is 4.79 Å². The number of amides is 1. The van der Waals surface area contributed by atoms with Crippen LogP contribution in [0.2, 0.25) is 0 Å². The van der Waals surface area contributed by atoms with Crippen molar-refractivity contribution in [3.8, 4) is 17.3 Å². The molecule has 5 fully saturated rings. The van der Waals surface area contributed by atoms with Crippen LogP contribution in [-0.2, 0) is 9.47 Å². The van der Waals surface area contributed by atoms with Crippen molar-refractivity contribution < 1.29 is 23.4 Å². The van der Waals surface area contributed by atoms with Crippen LogP contribution in [0.5, 0.6) is 6.01 Å². The number of carbonyl (C=O) groups excluding carboxylic acids is 1. The van der Waals surface area contributed by atoms with Gasteiger partial charge in [0.15, 0.2) is 12.0 Å². The molecule has 13 heteroatoms. The fourth-order valence-corrected chi connectivity index (χ4v) is 10.1. The zero-order valence-corrected chi connectivity index (χ0v) is 32.0. The number of nitrogens with zero attached hydrogens (tertiary/aromatic N) is 8. The van der Waals surface area contributed by atoms with Gasteiger partial charge in [-0.15, -0.1) is 0 Å². The zero-order chi connectivity index (χ0) is 37.5. The van der Waals surface area contributed by atoms with Crippen molar-refractivity contribution in [1.82, 2.24) is 34.5 Å². The monoisotopic (exact) mass is 748 g/mol. The number of hydrogen-bond donors (Lipinski definition) is 0. The number of hydrogen-bond acceptors (Lipinski definition) is 10. The highest BCUT2D eigenvalue weighted by atomic mass is 19.1. The topological polar surface area (TPSA) is 111 Å². The number of aromatic nitrogens is 5. The van der Waals surface area contributed by atoms with Crippen LogP contribution in [0.3, 0.4) is 0 Å². The number of piperazine rings is 1. The van der Waals surface area contributed by atoms with Gasteiger partial charge in [0, 0.05) is 36.8 Å². The van der Waals surface area contributed by atoms with Crippen LogP contribution in [0.15, 0.2) is 42.7 Å². The lowest BCUT2D eigenvalue weighted by Gasteiger charge is -2.42. The van der Waals surface area contributed by atoms with E-state index in [2.05, 4.69) is 15.9 Å². The van der Waals surface area contributed by atoms with E-state index in [0.29, 0.717) is 43.1 Å². The average Bonchev–Trinajstić information content (AvgIpc) is 3.94. The Morgan fingerprint density at radius 2 is 1.75 bits per heavy atom. The van der Waals surface area contributed by atoms with Crippen molar-refractivity contribution in [2.45, 2.75) is 108 Å². The van der Waals surface area contributed by atoms with Crippen molar-refractivity contribution >= 4 is 44.5 Å². The summed E-state index contributed by atoms with van der Waals surface area (Å²) in [7, 11) is 0. The van der Waals surface area contributed by atoms with Crippen LogP contribution in [-0.4, -0.2) is 103 Å². The number of anilines is 1. The highest BCUT2D eigenvalue weighted by Gasteiger charge is 2.46. The first kappa shape index (κ1) is 34.8. The van der Waals surface area contributed by atoms with E-state index in [1.54, 1.807) is 6.20 Å². The molecule has 8 heterocycles. The molecule has 288 valence electrons. The first-order valence-electron chi connectivity index (χ1n) is 20.2. The number of halogens is 1. The summed E-state index contributed by atoms with van der Waals surface area (Å²) in [5.41, 5.74) is 1.31. The molecule has 2 bridgehead atoms. The number of pyridine rings is 1. The maximum Gasteiger partial charge on any atom is 0.410 e. The lowest BCUT2D eigenvalue weighted by molar-refractivity contribution is -0.0366. The summed E-state index contributed by atoms with van der Waals surface area (Å²) in [5.74, 6) is 0.0541. The molecule has 0 aliphatic carbocycles. The Bertz CT molecular complexity index is 2280. The highest BCUT2D eigenvalue weighted by molar-refractivity contribution is 6.12. The summed E-state index contributed by atoms with van der Waals surface area (Å²) in [5, 5.41) is 7.97. The van der Waals surface area contributed by atoms with Crippen molar-refractivity contribution in [2.75, 3.05) is 44.3 Å². The van der Waals surface area contributed by atoms with Gasteiger partial charge < -0.3 is 19.1 Å². The van der Waals surface area contributed by atoms with Crippen LogP contribution < -0.4 is 9.64 Å². The maximum atomic E-state index is 17.6. The Balaban J connectivity index is 1.09. The quantitative estimate of drug-likeness (QED) is 0.172. The molecule has 0 spiro atoms. The molecule has 3 aromatic heterocycles. The Labute approximate surface area is 319 Å². The van der Waals surface area contributed by atoms with E-state index in [4.69, 9.17) is 34.3 Å². The van der Waals surface area contributed by atoms with Crippen LogP contribution in [0.1, 0.15) is 84.8 Å². The second-order valence-corrected chi connectivity index (χ2v) is 17.2. The molecule has 2 aromatic carbocycles. The van der Waals surface area contributed by atoms with E-state index in [-0.39, 0.29) is 47.2 Å². The van der Waals surface area contributed by atoms with Gasteiger partial charge in [0.2, 0.25) is 0 Å². The highest BCUT2D eigenvalue weighted by Crippen LogP contribution is 2.43. The number of ether oxygens (including phenoxy) is 3. The van der Waals surface area contributed by atoms with Crippen molar-refractivity contribution in [2.24, 2.45) is 0 Å². The largest absolute Gasteiger partial charge is 0.461 e. The number of fused-ring (bicyclic) bond motifs is 6. The van der Waals surface area contributed by atoms with E-state index in [1.807, 2.05) is 60.8 Å². The van der Waals surface area contributed by atoms with Crippen molar-refractivity contribution in [3.05, 3.63) is 48.5 Å². The van der Waals surface area contributed by atoms with Gasteiger partial charge in [-0.3, -0.25) is 14.8 Å². The lowest BCUT2D eigenvalue weighted by Crippen LogP contribution is -2.57. The summed E-state index contributed by atoms with van der Waals surface area (Å²) in [6.45, 7) is 10.0. The molecule has 55 heavy (non-hydrogen) atoms. The van der Waals surface area contributed by atoms with E-state index < -0.39 is 11.4 Å². The first-order chi connectivity index (χ1) is 26.7. The van der Waals surface area contributed by atoms with Crippen LogP contribution in [0.25, 0.3) is 43.8 Å². The Morgan fingerprint density at radius 1 is 0.964 bits per heavy atom. The van der Waals surface area contributed by atoms with Crippen LogP contribution >= 0.6 is 0 Å². The summed E-state index contributed by atoms with van der Waals surface area (Å²) in [4.78, 5) is 34.7. The standard InChI is InChI=1S/C42H49FN8O4/c1-41(2,3)55-40(52)50-27-13-14-28(50)24-48(23-27)38-31-21-44-37(35(43)36(31)46-39(47-38)54-25-42-15-8-17-49(42)18-9-16-42)34-29-11-5-4-10-26(29)20-32-30(34)22-45-51(32)33-12-6-7-19-53-33/h4-5,10-11,20-22,27-28,33H,6-9,12-19,23-25H2,1-3H3/t27-,28+,33?. The third kappa shape index (κ3) is 5.96. The number of rotatable bonds is 6. The minimum absolute atomic E-state index is 0.0324. The Hall–Kier alpha value is -4.62. The summed E-state index contributed by atoms with van der Waals surface area (Å²) in [6.07, 6.45) is 12.2. The molecular formula is C42H49FN8O4. The van der Waals surface area contributed by atoms with Gasteiger partial charge in [0.05, 0.1) is 34.7 Å². The summed E-state index contributed by atoms with van der Waals surface area (Å²) >= 11 is 0. The molecule has 12 nitrogen and oxygen atoms in total. The Morgan fingerprint density at radius 3 is 2.49 bits per heavy atom. The fourth-order valence-electron chi connectivity index (χ4n) is 10.1. The number of benzene rings is 2. The van der Waals surface area contributed by atoms with E-state index in [1.165, 1.54) is 0 Å². The molecule has 1 amide bonds. The van der Waals surface area contributed by atoms with E-state index in [0.717, 1.165) is 92.6 Å². The van der Waals surface area contributed by atoms with Gasteiger partial charge in [-0.1, -0.05) is 24.3 Å². The van der Waals surface area contributed by atoms with Gasteiger partial charge >= 0.3 is 12.1 Å². The molecule has 10 rings (SSSR count). The molecule has 3 atom stereocenters. The van der Waals surface area contributed by atoms with Crippen molar-refractivity contribution in [3.63, 3.8) is 0 Å². The third-order valence-electron chi connectivity index (χ3n) is 12.6. The predicted octanol–water partition coefficient (Wildman–Crippen LogP) is 7.63. The predicted molar refractivity (Wildman–Crippen MR) is 208 cm³/mol. The molecule has 0 saturated carbocycles. The third-order valence-corrected chi connectivity index (χ3v) is 12.6. The molecule has 5 aliphatic rings. The van der Waals surface area contributed by atoms with Gasteiger partial charge in [-0.2, -0.15) is 15.1 Å². The minimum atomic E-state index is -0.588. The molecule has 5 aromatic rings. The maximum absolute atomic E-state index is 17.6. The molecule has 5 saturated heterocycles. The molecule has 5 aliphatic heterocycles. The molecular weight excluding hydrogens is 700 g/mol. The zero-order valence-electron chi connectivity index (χ0n) is 32.0. The first-order valence-corrected chi connectivity index (χ1v) is 20.2. The molecule has 0 N–H and O–H groups in total. The second kappa shape index (κ2) is 13.3. The lowest BCUT2D eigenvalue weighted by atomic mass is 9.95. The van der Waals surface area contributed by atoms with E-state index >= 15 is 4.39 Å². The summed E-state index contributed by atoms with van der Waals surface area (Å²) < 4.78 is 38.0. The normalized spacial score (nSPS) is 24.0. The van der Waals surface area contributed by atoms with Gasteiger partial charge in [-0.25, -0.2) is 13.9 Å². The van der Waals surface area contributed by atoms with Crippen molar-refractivity contribution in [1.29, 1.82) is 0 Å². The van der Waals surface area contributed by atoms with Gasteiger partial charge in [0.25, 0.3) is 0 Å². The van der Waals surface area contributed by atoms with Gasteiger partial charge in [-0.05, 0) is 108 Å². The molecule has 1 unspecified atom stereocenters. The minimum Gasteiger partial charge on any atom is -0.461 e. The van der Waals surface area contributed by atoms with Crippen LogP contribution in [0, 0.1) is 5.82 Å². The Kier molecular flexibility index (Phi) is 8.40. The summed E-state index contributed by atoms with van der Waals surface area (Å²) in [6, 6.07) is 10.2. The van der Waals surface area contributed by atoms with Crippen LogP contribution in [0.4, 0.5) is 15.0 Å². The van der Waals surface area contributed by atoms with Gasteiger partial charge in [0.1, 0.15) is 29.2 Å². The fraction of sp³-hybridized carbons (Fsp3) is 0.548. The SMILES string of the molecule is CC(C)(C)OC(=O)N1[C@@H]2CC[C@H]1CN(c1nc(OCC34CCCN3CCC4)nc3c(F)c(-c4c5ccccc5cc5c4cnn5C4CCCCO4)ncc13)C2. The average molecular weight is 749 g/mol. The number of carbonyl (C=O) groups is 1. The smallest absolute Gasteiger partial charge is 0.410 e. The second-order valence-electron chi connectivity index (χ2n) is 17.2.